The van der Waals surface area contributed by atoms with Crippen molar-refractivity contribution < 1.29 is 0 Å². The van der Waals surface area contributed by atoms with Crippen molar-refractivity contribution in [3.05, 3.63) is 23.8 Å². The Morgan fingerprint density at radius 3 is 2.72 bits per heavy atom. The molecule has 1 aromatic carbocycles. The lowest BCUT2D eigenvalue weighted by Crippen LogP contribution is -2.14. The predicted molar refractivity (Wildman–Crippen MR) is 77.4 cm³/mol. The van der Waals surface area contributed by atoms with Crippen LogP contribution < -0.4 is 11.1 Å². The van der Waals surface area contributed by atoms with E-state index in [-0.39, 0.29) is 0 Å². The van der Waals surface area contributed by atoms with E-state index in [2.05, 4.69) is 25.2 Å². The fourth-order valence-electron chi connectivity index (χ4n) is 1.99. The summed E-state index contributed by atoms with van der Waals surface area (Å²) in [4.78, 5) is 0. The SMILES string of the molecule is CCCCC(CC)CNc1ccc(C#N)cc1N. The van der Waals surface area contributed by atoms with Crippen LogP contribution >= 0.6 is 0 Å². The maximum Gasteiger partial charge on any atom is 0.0992 e. The van der Waals surface area contributed by atoms with Crippen molar-refractivity contribution in [3.63, 3.8) is 0 Å². The molecule has 0 aliphatic heterocycles. The van der Waals surface area contributed by atoms with Crippen molar-refractivity contribution in [2.75, 3.05) is 17.6 Å². The van der Waals surface area contributed by atoms with Gasteiger partial charge in [0.15, 0.2) is 0 Å². The molecular formula is C15H23N3. The zero-order valence-electron chi connectivity index (χ0n) is 11.4. The summed E-state index contributed by atoms with van der Waals surface area (Å²) < 4.78 is 0. The second kappa shape index (κ2) is 7.60. The molecule has 1 aromatic rings. The quantitative estimate of drug-likeness (QED) is 0.719. The first-order valence-corrected chi connectivity index (χ1v) is 6.74. The maximum atomic E-state index is 8.78. The van der Waals surface area contributed by atoms with Crippen LogP contribution in [0.2, 0.25) is 0 Å². The van der Waals surface area contributed by atoms with Gasteiger partial charge in [-0.3, -0.25) is 0 Å². The van der Waals surface area contributed by atoms with Crippen LogP contribution in [0.5, 0.6) is 0 Å². The highest BCUT2D eigenvalue weighted by molar-refractivity contribution is 5.68. The highest BCUT2D eigenvalue weighted by Crippen LogP contribution is 2.21. The number of benzene rings is 1. The van der Waals surface area contributed by atoms with Gasteiger partial charge in [0.1, 0.15) is 0 Å². The second-order valence-corrected chi connectivity index (χ2v) is 4.71. The molecule has 18 heavy (non-hydrogen) atoms. The Hall–Kier alpha value is -1.69. The predicted octanol–water partition coefficient (Wildman–Crippen LogP) is 3.77. The van der Waals surface area contributed by atoms with Crippen molar-refractivity contribution in [1.82, 2.24) is 0 Å². The smallest absolute Gasteiger partial charge is 0.0992 e. The third-order valence-corrected chi connectivity index (χ3v) is 3.31. The topological polar surface area (TPSA) is 61.8 Å². The van der Waals surface area contributed by atoms with Gasteiger partial charge in [-0.15, -0.1) is 0 Å². The van der Waals surface area contributed by atoms with Gasteiger partial charge in [-0.05, 0) is 30.5 Å². The molecule has 98 valence electrons. The van der Waals surface area contributed by atoms with E-state index < -0.39 is 0 Å². The minimum absolute atomic E-state index is 0.607. The summed E-state index contributed by atoms with van der Waals surface area (Å²) in [5.41, 5.74) is 8.11. The zero-order valence-corrected chi connectivity index (χ0v) is 11.4. The molecule has 0 aromatic heterocycles. The van der Waals surface area contributed by atoms with E-state index in [0.29, 0.717) is 17.2 Å². The van der Waals surface area contributed by atoms with E-state index in [0.717, 1.165) is 12.2 Å². The number of nitrogen functional groups attached to an aromatic ring is 1. The molecule has 0 aliphatic rings. The normalized spacial score (nSPS) is 11.8. The molecule has 0 fully saturated rings. The molecule has 0 amide bonds. The van der Waals surface area contributed by atoms with Gasteiger partial charge in [-0.1, -0.05) is 33.1 Å². The maximum absolute atomic E-state index is 8.78. The van der Waals surface area contributed by atoms with Crippen LogP contribution in [-0.2, 0) is 0 Å². The molecule has 0 bridgehead atoms. The standard InChI is InChI=1S/C15H23N3/c1-3-5-6-12(4-2)11-18-15-8-7-13(10-16)9-14(15)17/h7-9,12,18H,3-6,11,17H2,1-2H3. The first-order chi connectivity index (χ1) is 8.71. The van der Waals surface area contributed by atoms with Crippen LogP contribution in [0.1, 0.15) is 45.1 Å². The number of hydrogen-bond acceptors (Lipinski definition) is 3. The number of unbranched alkanes of at least 4 members (excludes halogenated alkanes) is 1. The molecule has 3 nitrogen and oxygen atoms in total. The third-order valence-electron chi connectivity index (χ3n) is 3.31. The van der Waals surface area contributed by atoms with E-state index in [1.807, 2.05) is 6.07 Å². The van der Waals surface area contributed by atoms with Gasteiger partial charge >= 0.3 is 0 Å². The van der Waals surface area contributed by atoms with Crippen molar-refractivity contribution >= 4 is 11.4 Å². The summed E-state index contributed by atoms with van der Waals surface area (Å²) in [6, 6.07) is 7.50. The number of nitriles is 1. The Balaban J connectivity index is 2.54. The van der Waals surface area contributed by atoms with Gasteiger partial charge in [0.25, 0.3) is 0 Å². The van der Waals surface area contributed by atoms with Crippen LogP contribution in [0.4, 0.5) is 11.4 Å². The third kappa shape index (κ3) is 4.29. The molecule has 1 unspecified atom stereocenters. The summed E-state index contributed by atoms with van der Waals surface area (Å²) >= 11 is 0. The monoisotopic (exact) mass is 245 g/mol. The Labute approximate surface area is 110 Å². The van der Waals surface area contributed by atoms with Crippen molar-refractivity contribution in [2.45, 2.75) is 39.5 Å². The average molecular weight is 245 g/mol. The fraction of sp³-hybridized carbons (Fsp3) is 0.533. The molecule has 0 saturated carbocycles. The molecular weight excluding hydrogens is 222 g/mol. The minimum Gasteiger partial charge on any atom is -0.397 e. The number of nitrogens with one attached hydrogen (secondary N) is 1. The van der Waals surface area contributed by atoms with E-state index in [1.165, 1.54) is 25.7 Å². The average Bonchev–Trinajstić information content (AvgIpc) is 2.40. The van der Waals surface area contributed by atoms with Crippen LogP contribution in [-0.4, -0.2) is 6.54 Å². The van der Waals surface area contributed by atoms with E-state index in [4.69, 9.17) is 11.0 Å². The van der Waals surface area contributed by atoms with Gasteiger partial charge in [0.05, 0.1) is 23.0 Å². The van der Waals surface area contributed by atoms with Crippen LogP contribution in [0.15, 0.2) is 18.2 Å². The number of nitrogens with zero attached hydrogens (tertiary/aromatic N) is 1. The van der Waals surface area contributed by atoms with Crippen molar-refractivity contribution in [3.8, 4) is 6.07 Å². The number of hydrogen-bond donors (Lipinski definition) is 2. The highest BCUT2D eigenvalue weighted by Gasteiger charge is 2.07. The second-order valence-electron chi connectivity index (χ2n) is 4.71. The van der Waals surface area contributed by atoms with E-state index >= 15 is 0 Å². The van der Waals surface area contributed by atoms with Gasteiger partial charge in [-0.25, -0.2) is 0 Å². The van der Waals surface area contributed by atoms with Gasteiger partial charge < -0.3 is 11.1 Å². The summed E-state index contributed by atoms with van der Waals surface area (Å²) in [7, 11) is 0. The van der Waals surface area contributed by atoms with Crippen LogP contribution in [0.3, 0.4) is 0 Å². The Morgan fingerprint density at radius 2 is 2.17 bits per heavy atom. The zero-order chi connectivity index (χ0) is 13.4. The number of nitrogens with two attached hydrogens (primary N) is 1. The number of anilines is 2. The van der Waals surface area contributed by atoms with Gasteiger partial charge in [-0.2, -0.15) is 5.26 Å². The lowest BCUT2D eigenvalue weighted by atomic mass is 9.99. The lowest BCUT2D eigenvalue weighted by molar-refractivity contribution is 0.473. The molecule has 1 rings (SSSR count). The molecule has 0 aliphatic carbocycles. The van der Waals surface area contributed by atoms with E-state index in [9.17, 15) is 0 Å². The number of rotatable bonds is 7. The highest BCUT2D eigenvalue weighted by atomic mass is 14.9. The summed E-state index contributed by atoms with van der Waals surface area (Å²) in [5.74, 6) is 0.694. The largest absolute Gasteiger partial charge is 0.397 e. The Bertz CT molecular complexity index is 407. The first kappa shape index (κ1) is 14.4. The Morgan fingerprint density at radius 1 is 1.39 bits per heavy atom. The van der Waals surface area contributed by atoms with Gasteiger partial charge in [0.2, 0.25) is 0 Å². The summed E-state index contributed by atoms with van der Waals surface area (Å²) in [6.07, 6.45) is 4.97. The molecule has 0 spiro atoms. The molecule has 0 radical (unpaired) electrons. The van der Waals surface area contributed by atoms with Crippen molar-refractivity contribution in [1.29, 1.82) is 5.26 Å². The summed E-state index contributed by atoms with van der Waals surface area (Å²) in [5, 5.41) is 12.2. The minimum atomic E-state index is 0.607. The van der Waals surface area contributed by atoms with Crippen LogP contribution in [0, 0.1) is 17.2 Å². The van der Waals surface area contributed by atoms with Crippen LogP contribution in [0.25, 0.3) is 0 Å². The molecule has 1 atom stereocenters. The molecule has 3 N–H and O–H groups in total. The van der Waals surface area contributed by atoms with Crippen molar-refractivity contribution in [2.24, 2.45) is 5.92 Å². The molecule has 0 saturated heterocycles. The van der Waals surface area contributed by atoms with E-state index in [1.54, 1.807) is 12.1 Å². The fourth-order valence-corrected chi connectivity index (χ4v) is 1.99. The molecule has 3 heteroatoms. The summed E-state index contributed by atoms with van der Waals surface area (Å²) in [6.45, 7) is 5.40. The van der Waals surface area contributed by atoms with Gasteiger partial charge in [0, 0.05) is 6.54 Å². The first-order valence-electron chi connectivity index (χ1n) is 6.74. The lowest BCUT2D eigenvalue weighted by Gasteiger charge is -2.17. The molecule has 0 heterocycles. The Kier molecular flexibility index (Phi) is 6.07.